The summed E-state index contributed by atoms with van der Waals surface area (Å²) in [5, 5.41) is -0.230. The smallest absolute Gasteiger partial charge is 0.320 e. The molecule has 0 bridgehead atoms. The summed E-state index contributed by atoms with van der Waals surface area (Å²) in [5.74, 6) is -0.224. The van der Waals surface area contributed by atoms with Gasteiger partial charge in [-0.2, -0.15) is 0 Å². The van der Waals surface area contributed by atoms with E-state index in [-0.39, 0.29) is 11.2 Å². The molecule has 1 aliphatic heterocycles. The van der Waals surface area contributed by atoms with Crippen LogP contribution in [-0.4, -0.2) is 29.8 Å². The quantitative estimate of drug-likeness (QED) is 0.646. The van der Waals surface area contributed by atoms with Gasteiger partial charge in [0.1, 0.15) is 5.25 Å². The number of carbonyl (C=O) groups excluding carboxylic acids is 1. The minimum absolute atomic E-state index is 0.224. The molecule has 4 nitrogen and oxygen atoms in total. The molecule has 0 radical (unpaired) electrons. The van der Waals surface area contributed by atoms with E-state index in [0.717, 1.165) is 18.8 Å². The van der Waals surface area contributed by atoms with Crippen molar-refractivity contribution in [1.82, 2.24) is 9.62 Å². The van der Waals surface area contributed by atoms with Gasteiger partial charge in [-0.25, -0.2) is 0 Å². The van der Waals surface area contributed by atoms with E-state index in [1.165, 1.54) is 24.6 Å². The van der Waals surface area contributed by atoms with E-state index >= 15 is 0 Å². The Morgan fingerprint density at radius 3 is 2.81 bits per heavy atom. The van der Waals surface area contributed by atoms with Crippen LogP contribution in [0, 0.1) is 0 Å². The molecule has 21 heavy (non-hydrogen) atoms. The van der Waals surface area contributed by atoms with Gasteiger partial charge >= 0.3 is 5.97 Å². The zero-order valence-corrected chi connectivity index (χ0v) is 13.1. The Morgan fingerprint density at radius 1 is 1.43 bits per heavy atom. The number of esters is 1. The standard InChI is InChI=1S/C16H20N2O2S/c1-13(16(19)20-2)21-17-15-8-10-18(11-9-15)12-14-6-4-3-5-7-14/h3-10,13,17H,11-12H2,1-2H3. The van der Waals surface area contributed by atoms with Crippen molar-refractivity contribution in [2.45, 2.75) is 18.7 Å². The van der Waals surface area contributed by atoms with Crippen LogP contribution in [0.3, 0.4) is 0 Å². The molecule has 1 heterocycles. The van der Waals surface area contributed by atoms with Crippen LogP contribution in [-0.2, 0) is 16.1 Å². The first-order chi connectivity index (χ1) is 10.2. The van der Waals surface area contributed by atoms with Gasteiger partial charge in [0.15, 0.2) is 0 Å². The largest absolute Gasteiger partial charge is 0.468 e. The van der Waals surface area contributed by atoms with Crippen molar-refractivity contribution in [3.05, 3.63) is 59.9 Å². The lowest BCUT2D eigenvalue weighted by atomic mass is 10.2. The van der Waals surface area contributed by atoms with Gasteiger partial charge in [-0.3, -0.25) is 4.79 Å². The average Bonchev–Trinajstić information content (AvgIpc) is 2.54. The first-order valence-electron chi connectivity index (χ1n) is 6.85. The molecule has 0 fully saturated rings. The van der Waals surface area contributed by atoms with E-state index in [4.69, 9.17) is 0 Å². The summed E-state index contributed by atoms with van der Waals surface area (Å²) in [5.41, 5.74) is 2.31. The van der Waals surface area contributed by atoms with Crippen molar-refractivity contribution >= 4 is 17.9 Å². The Balaban J connectivity index is 1.78. The van der Waals surface area contributed by atoms with Crippen LogP contribution >= 0.6 is 11.9 Å². The molecule has 1 aromatic carbocycles. The highest BCUT2D eigenvalue weighted by molar-refractivity contribution is 7.98. The maximum absolute atomic E-state index is 11.3. The van der Waals surface area contributed by atoms with Crippen LogP contribution in [0.4, 0.5) is 0 Å². The van der Waals surface area contributed by atoms with Crippen molar-refractivity contribution in [3.8, 4) is 0 Å². The molecular formula is C16H20N2O2S. The lowest BCUT2D eigenvalue weighted by Crippen LogP contribution is -2.23. The lowest BCUT2D eigenvalue weighted by molar-refractivity contribution is -0.139. The Labute approximate surface area is 130 Å². The van der Waals surface area contributed by atoms with Gasteiger partial charge in [0.25, 0.3) is 0 Å². The van der Waals surface area contributed by atoms with Gasteiger partial charge in [0, 0.05) is 25.0 Å². The Hall–Kier alpha value is -1.88. The summed E-state index contributed by atoms with van der Waals surface area (Å²) >= 11 is 1.36. The van der Waals surface area contributed by atoms with E-state index in [2.05, 4.69) is 50.9 Å². The summed E-state index contributed by atoms with van der Waals surface area (Å²) in [6, 6.07) is 10.4. The number of rotatable bonds is 6. The molecular weight excluding hydrogens is 284 g/mol. The predicted molar refractivity (Wildman–Crippen MR) is 86.3 cm³/mol. The van der Waals surface area contributed by atoms with Crippen molar-refractivity contribution in [2.24, 2.45) is 0 Å². The van der Waals surface area contributed by atoms with E-state index in [1.807, 2.05) is 19.1 Å². The topological polar surface area (TPSA) is 41.6 Å². The van der Waals surface area contributed by atoms with Gasteiger partial charge in [-0.05, 0) is 36.6 Å². The summed E-state index contributed by atoms with van der Waals surface area (Å²) in [4.78, 5) is 13.5. The highest BCUT2D eigenvalue weighted by Crippen LogP contribution is 2.14. The van der Waals surface area contributed by atoms with Crippen molar-refractivity contribution in [3.63, 3.8) is 0 Å². The predicted octanol–water partition coefficient (Wildman–Crippen LogP) is 2.70. The van der Waals surface area contributed by atoms with E-state index in [1.54, 1.807) is 0 Å². The van der Waals surface area contributed by atoms with Crippen LogP contribution in [0.15, 0.2) is 54.4 Å². The fraction of sp³-hybridized carbons (Fsp3) is 0.312. The number of nitrogens with zero attached hydrogens (tertiary/aromatic N) is 1. The van der Waals surface area contributed by atoms with Gasteiger partial charge in [0.05, 0.1) is 7.11 Å². The van der Waals surface area contributed by atoms with Gasteiger partial charge in [-0.1, -0.05) is 30.3 Å². The van der Waals surface area contributed by atoms with Gasteiger partial charge in [0.2, 0.25) is 0 Å². The minimum Gasteiger partial charge on any atom is -0.468 e. The molecule has 1 aliphatic rings. The molecule has 1 N–H and O–H groups in total. The van der Waals surface area contributed by atoms with Crippen molar-refractivity contribution in [1.29, 1.82) is 0 Å². The van der Waals surface area contributed by atoms with Crippen LogP contribution in [0.5, 0.6) is 0 Å². The van der Waals surface area contributed by atoms with E-state index < -0.39 is 0 Å². The van der Waals surface area contributed by atoms with Crippen LogP contribution in [0.2, 0.25) is 0 Å². The third kappa shape index (κ3) is 4.86. The fourth-order valence-electron chi connectivity index (χ4n) is 1.91. The second-order valence-electron chi connectivity index (χ2n) is 4.78. The molecule has 0 spiro atoms. The highest BCUT2D eigenvalue weighted by atomic mass is 32.2. The number of ether oxygens (including phenoxy) is 1. The molecule has 1 unspecified atom stereocenters. The number of nitrogens with one attached hydrogen (secondary N) is 1. The molecule has 0 amide bonds. The first kappa shape index (κ1) is 15.5. The van der Waals surface area contributed by atoms with Gasteiger partial charge < -0.3 is 14.4 Å². The zero-order valence-electron chi connectivity index (χ0n) is 12.3. The Kier molecular flexibility index (Phi) is 5.75. The normalized spacial score (nSPS) is 15.3. The third-order valence-corrected chi connectivity index (χ3v) is 4.03. The molecule has 5 heteroatoms. The van der Waals surface area contributed by atoms with Crippen LogP contribution in [0.25, 0.3) is 0 Å². The first-order valence-corrected chi connectivity index (χ1v) is 7.73. The number of benzene rings is 1. The molecule has 0 saturated heterocycles. The molecule has 2 rings (SSSR count). The maximum atomic E-state index is 11.3. The molecule has 112 valence electrons. The number of hydrogen-bond acceptors (Lipinski definition) is 5. The number of methoxy groups -OCH3 is 1. The SMILES string of the molecule is COC(=O)C(C)SNC1=CCN(Cc2ccccc2)C=C1. The second-order valence-corrected chi connectivity index (χ2v) is 5.92. The molecule has 0 saturated carbocycles. The maximum Gasteiger partial charge on any atom is 0.320 e. The number of carbonyl (C=O) groups is 1. The summed E-state index contributed by atoms with van der Waals surface area (Å²) in [6.45, 7) is 3.56. The third-order valence-electron chi connectivity index (χ3n) is 3.13. The number of hydrogen-bond donors (Lipinski definition) is 1. The van der Waals surface area contributed by atoms with Crippen molar-refractivity contribution in [2.75, 3.05) is 13.7 Å². The zero-order chi connectivity index (χ0) is 15.1. The lowest BCUT2D eigenvalue weighted by Gasteiger charge is -2.23. The van der Waals surface area contributed by atoms with Crippen LogP contribution < -0.4 is 4.72 Å². The fourth-order valence-corrected chi connectivity index (χ4v) is 2.57. The molecule has 1 atom stereocenters. The minimum atomic E-state index is -0.230. The molecule has 1 aromatic rings. The Morgan fingerprint density at radius 2 is 2.19 bits per heavy atom. The summed E-state index contributed by atoms with van der Waals surface area (Å²) in [6.07, 6.45) is 6.20. The average molecular weight is 304 g/mol. The summed E-state index contributed by atoms with van der Waals surface area (Å²) in [7, 11) is 1.40. The van der Waals surface area contributed by atoms with E-state index in [9.17, 15) is 4.79 Å². The highest BCUT2D eigenvalue weighted by Gasteiger charge is 2.14. The second kappa shape index (κ2) is 7.78. The van der Waals surface area contributed by atoms with Gasteiger partial charge in [-0.15, -0.1) is 0 Å². The molecule has 0 aliphatic carbocycles. The molecule has 0 aromatic heterocycles. The Bertz CT molecular complexity index is 528. The monoisotopic (exact) mass is 304 g/mol. The summed E-state index contributed by atoms with van der Waals surface area (Å²) < 4.78 is 7.87. The van der Waals surface area contributed by atoms with Crippen molar-refractivity contribution < 1.29 is 9.53 Å². The van der Waals surface area contributed by atoms with Crippen LogP contribution in [0.1, 0.15) is 12.5 Å². The van der Waals surface area contributed by atoms with E-state index in [0.29, 0.717) is 0 Å². The number of allylic oxidation sites excluding steroid dienone is 1.